The van der Waals surface area contributed by atoms with Gasteiger partial charge in [-0.3, -0.25) is 9.52 Å². The standard InChI is InChI=1S/C17H17N3O3S2/c1-12(21)19-16-11-15(7-8-17(16)24-2)25(22,23)20-14-5-3-13(4-6-14)9-10-18/h3-8,11,20H,9H2,1-2H3,(H,19,21). The zero-order valence-electron chi connectivity index (χ0n) is 13.7. The van der Waals surface area contributed by atoms with Gasteiger partial charge >= 0.3 is 0 Å². The molecule has 0 saturated heterocycles. The Balaban J connectivity index is 2.29. The van der Waals surface area contributed by atoms with E-state index in [1.54, 1.807) is 30.3 Å². The maximum Gasteiger partial charge on any atom is 0.261 e. The van der Waals surface area contributed by atoms with Crippen molar-refractivity contribution in [2.45, 2.75) is 23.1 Å². The van der Waals surface area contributed by atoms with Crippen LogP contribution in [-0.4, -0.2) is 20.6 Å². The van der Waals surface area contributed by atoms with Crippen LogP contribution in [0.2, 0.25) is 0 Å². The average Bonchev–Trinajstić information content (AvgIpc) is 2.56. The molecule has 2 aromatic carbocycles. The van der Waals surface area contributed by atoms with Gasteiger partial charge in [0.05, 0.1) is 23.1 Å². The minimum absolute atomic E-state index is 0.0511. The molecule has 6 nitrogen and oxygen atoms in total. The second-order valence-electron chi connectivity index (χ2n) is 5.18. The summed E-state index contributed by atoms with van der Waals surface area (Å²) in [5, 5.41) is 11.3. The van der Waals surface area contributed by atoms with E-state index < -0.39 is 10.0 Å². The number of carbonyl (C=O) groups is 1. The molecule has 0 aliphatic rings. The monoisotopic (exact) mass is 375 g/mol. The molecule has 2 aromatic rings. The molecular formula is C17H17N3O3S2. The molecule has 0 aliphatic heterocycles. The quantitative estimate of drug-likeness (QED) is 0.755. The Hall–Kier alpha value is -2.50. The molecule has 0 unspecified atom stereocenters. The zero-order valence-corrected chi connectivity index (χ0v) is 15.4. The Kier molecular flexibility index (Phi) is 6.07. The number of benzene rings is 2. The molecule has 0 radical (unpaired) electrons. The van der Waals surface area contributed by atoms with Gasteiger partial charge in [-0.25, -0.2) is 8.42 Å². The van der Waals surface area contributed by atoms with E-state index in [-0.39, 0.29) is 17.2 Å². The van der Waals surface area contributed by atoms with Gasteiger partial charge in [0.25, 0.3) is 10.0 Å². The Morgan fingerprint density at radius 1 is 1.20 bits per heavy atom. The summed E-state index contributed by atoms with van der Waals surface area (Å²) in [5.74, 6) is -0.272. The molecule has 130 valence electrons. The number of nitrogens with zero attached hydrogens (tertiary/aromatic N) is 1. The minimum Gasteiger partial charge on any atom is -0.325 e. The maximum atomic E-state index is 12.6. The van der Waals surface area contributed by atoms with E-state index in [2.05, 4.69) is 10.0 Å². The fourth-order valence-corrected chi connectivity index (χ4v) is 3.76. The number of hydrogen-bond donors (Lipinski definition) is 2. The summed E-state index contributed by atoms with van der Waals surface area (Å²) in [5.41, 5.74) is 1.66. The van der Waals surface area contributed by atoms with Crippen molar-refractivity contribution in [3.63, 3.8) is 0 Å². The number of nitriles is 1. The normalized spacial score (nSPS) is 10.8. The van der Waals surface area contributed by atoms with Crippen LogP contribution < -0.4 is 10.0 Å². The molecule has 0 saturated carbocycles. The van der Waals surface area contributed by atoms with Crippen LogP contribution in [0.1, 0.15) is 12.5 Å². The van der Waals surface area contributed by atoms with Crippen LogP contribution in [0.15, 0.2) is 52.3 Å². The lowest BCUT2D eigenvalue weighted by Crippen LogP contribution is -2.14. The number of carbonyl (C=O) groups excluding carboxylic acids is 1. The van der Waals surface area contributed by atoms with E-state index in [1.165, 1.54) is 30.8 Å². The van der Waals surface area contributed by atoms with Gasteiger partial charge in [-0.2, -0.15) is 5.26 Å². The first-order valence-electron chi connectivity index (χ1n) is 7.30. The zero-order chi connectivity index (χ0) is 18.4. The summed E-state index contributed by atoms with van der Waals surface area (Å²) in [6.07, 6.45) is 2.11. The van der Waals surface area contributed by atoms with Gasteiger partial charge in [-0.15, -0.1) is 11.8 Å². The first kappa shape index (κ1) is 18.8. The first-order chi connectivity index (χ1) is 11.9. The molecule has 25 heavy (non-hydrogen) atoms. The van der Waals surface area contributed by atoms with Crippen molar-refractivity contribution in [1.29, 1.82) is 5.26 Å². The number of nitrogens with one attached hydrogen (secondary N) is 2. The van der Waals surface area contributed by atoms with E-state index in [0.717, 1.165) is 10.5 Å². The van der Waals surface area contributed by atoms with Crippen molar-refractivity contribution < 1.29 is 13.2 Å². The van der Waals surface area contributed by atoms with E-state index in [0.29, 0.717) is 11.4 Å². The predicted molar refractivity (Wildman–Crippen MR) is 99.1 cm³/mol. The fraction of sp³-hybridized carbons (Fsp3) is 0.176. The highest BCUT2D eigenvalue weighted by Crippen LogP contribution is 2.29. The lowest BCUT2D eigenvalue weighted by molar-refractivity contribution is -0.114. The number of rotatable bonds is 6. The van der Waals surface area contributed by atoms with Crippen LogP contribution in [0.4, 0.5) is 11.4 Å². The van der Waals surface area contributed by atoms with E-state index in [1.807, 2.05) is 12.3 Å². The second kappa shape index (κ2) is 8.05. The smallest absolute Gasteiger partial charge is 0.261 e. The molecule has 0 heterocycles. The molecule has 0 bridgehead atoms. The Labute approximate surface area is 151 Å². The summed E-state index contributed by atoms with van der Waals surface area (Å²) in [4.78, 5) is 12.1. The molecule has 1 amide bonds. The van der Waals surface area contributed by atoms with Gasteiger partial charge in [0.1, 0.15) is 0 Å². The van der Waals surface area contributed by atoms with Gasteiger partial charge in [0.15, 0.2) is 0 Å². The molecule has 0 spiro atoms. The number of thioether (sulfide) groups is 1. The van der Waals surface area contributed by atoms with Gasteiger partial charge in [-0.05, 0) is 42.2 Å². The highest BCUT2D eigenvalue weighted by Gasteiger charge is 2.17. The van der Waals surface area contributed by atoms with Crippen molar-refractivity contribution in [3.8, 4) is 6.07 Å². The second-order valence-corrected chi connectivity index (χ2v) is 7.71. The SMILES string of the molecule is CSc1ccc(S(=O)(=O)Nc2ccc(CC#N)cc2)cc1NC(C)=O. The number of anilines is 2. The topological polar surface area (TPSA) is 99.1 Å². The third kappa shape index (κ3) is 4.98. The highest BCUT2D eigenvalue weighted by molar-refractivity contribution is 7.98. The van der Waals surface area contributed by atoms with Crippen LogP contribution in [-0.2, 0) is 21.2 Å². The van der Waals surface area contributed by atoms with Gasteiger partial charge < -0.3 is 5.32 Å². The maximum absolute atomic E-state index is 12.6. The number of sulfonamides is 1. The third-order valence-corrected chi connectivity index (χ3v) is 5.46. The molecular weight excluding hydrogens is 358 g/mol. The molecule has 0 aromatic heterocycles. The first-order valence-corrected chi connectivity index (χ1v) is 10.0. The lowest BCUT2D eigenvalue weighted by atomic mass is 10.1. The summed E-state index contributed by atoms with van der Waals surface area (Å²) in [7, 11) is -3.80. The van der Waals surface area contributed by atoms with Crippen molar-refractivity contribution in [1.82, 2.24) is 0 Å². The van der Waals surface area contributed by atoms with Crippen LogP contribution in [0, 0.1) is 11.3 Å². The molecule has 0 fully saturated rings. The Morgan fingerprint density at radius 3 is 2.44 bits per heavy atom. The summed E-state index contributed by atoms with van der Waals surface area (Å²) < 4.78 is 27.6. The molecule has 0 aliphatic carbocycles. The van der Waals surface area contributed by atoms with Crippen molar-refractivity contribution in [2.75, 3.05) is 16.3 Å². The molecule has 0 atom stereocenters. The van der Waals surface area contributed by atoms with Crippen LogP contribution in [0.25, 0.3) is 0 Å². The number of hydrogen-bond acceptors (Lipinski definition) is 5. The summed E-state index contributed by atoms with van der Waals surface area (Å²) in [6, 6.07) is 13.2. The predicted octanol–water partition coefficient (Wildman–Crippen LogP) is 3.23. The molecule has 8 heteroatoms. The molecule has 2 N–H and O–H groups in total. The third-order valence-electron chi connectivity index (χ3n) is 3.28. The minimum atomic E-state index is -3.80. The van der Waals surface area contributed by atoms with Crippen molar-refractivity contribution in [3.05, 3.63) is 48.0 Å². The number of amides is 1. The fourth-order valence-electron chi connectivity index (χ4n) is 2.14. The van der Waals surface area contributed by atoms with E-state index >= 15 is 0 Å². The largest absolute Gasteiger partial charge is 0.325 e. The van der Waals surface area contributed by atoms with Crippen LogP contribution >= 0.6 is 11.8 Å². The summed E-state index contributed by atoms with van der Waals surface area (Å²) >= 11 is 1.41. The van der Waals surface area contributed by atoms with Crippen molar-refractivity contribution in [2.24, 2.45) is 0 Å². The van der Waals surface area contributed by atoms with Gasteiger partial charge in [0, 0.05) is 17.5 Å². The van der Waals surface area contributed by atoms with Crippen LogP contribution in [0.3, 0.4) is 0 Å². The van der Waals surface area contributed by atoms with E-state index in [9.17, 15) is 13.2 Å². The average molecular weight is 375 g/mol. The van der Waals surface area contributed by atoms with E-state index in [4.69, 9.17) is 5.26 Å². The Morgan fingerprint density at radius 2 is 1.88 bits per heavy atom. The van der Waals surface area contributed by atoms with Gasteiger partial charge in [-0.1, -0.05) is 12.1 Å². The highest BCUT2D eigenvalue weighted by atomic mass is 32.2. The van der Waals surface area contributed by atoms with Crippen molar-refractivity contribution >= 4 is 39.1 Å². The van der Waals surface area contributed by atoms with Crippen LogP contribution in [0.5, 0.6) is 0 Å². The Bertz CT molecular complexity index is 917. The van der Waals surface area contributed by atoms with Gasteiger partial charge in [0.2, 0.25) is 5.91 Å². The lowest BCUT2D eigenvalue weighted by Gasteiger charge is -2.12. The molecule has 2 rings (SSSR count). The summed E-state index contributed by atoms with van der Waals surface area (Å²) in [6.45, 7) is 1.37.